The van der Waals surface area contributed by atoms with Crippen LogP contribution in [-0.2, 0) is 5.41 Å². The van der Waals surface area contributed by atoms with Gasteiger partial charge in [-0.05, 0) is 135 Å². The number of para-hydroxylation sites is 4. The summed E-state index contributed by atoms with van der Waals surface area (Å²) >= 11 is 0. The second-order valence-corrected chi connectivity index (χ2v) is 18.4. The van der Waals surface area contributed by atoms with Crippen molar-refractivity contribution >= 4 is 55.9 Å². The van der Waals surface area contributed by atoms with Crippen LogP contribution in [0.2, 0.25) is 0 Å². The summed E-state index contributed by atoms with van der Waals surface area (Å²) in [6, 6.07) is 100. The van der Waals surface area contributed by atoms with Crippen LogP contribution in [0.15, 0.2) is 273 Å². The quantitative estimate of drug-likeness (QED) is 0.151. The van der Waals surface area contributed by atoms with E-state index >= 15 is 0 Å². The van der Waals surface area contributed by atoms with Crippen LogP contribution in [-0.4, -0.2) is 4.57 Å². The van der Waals surface area contributed by atoms with Gasteiger partial charge in [0.1, 0.15) is 0 Å². The average molecular weight is 892 g/mol. The molecule has 70 heavy (non-hydrogen) atoms. The lowest BCUT2D eigenvalue weighted by molar-refractivity contribution is 0.754. The van der Waals surface area contributed by atoms with E-state index < -0.39 is 5.41 Å². The Morgan fingerprint density at radius 2 is 0.857 bits per heavy atom. The Morgan fingerprint density at radius 3 is 1.59 bits per heavy atom. The van der Waals surface area contributed by atoms with Gasteiger partial charge in [-0.15, -0.1) is 0 Å². The molecule has 1 aliphatic carbocycles. The van der Waals surface area contributed by atoms with Crippen LogP contribution in [0.1, 0.15) is 22.3 Å². The van der Waals surface area contributed by atoms with Gasteiger partial charge in [-0.25, -0.2) is 0 Å². The molecule has 328 valence electrons. The van der Waals surface area contributed by atoms with Gasteiger partial charge in [-0.2, -0.15) is 0 Å². The van der Waals surface area contributed by atoms with E-state index in [9.17, 15) is 0 Å². The summed E-state index contributed by atoms with van der Waals surface area (Å²) in [6.45, 7) is 0. The minimum Gasteiger partial charge on any atom is -0.310 e. The highest BCUT2D eigenvalue weighted by atomic mass is 15.2. The lowest BCUT2D eigenvalue weighted by atomic mass is 9.64. The predicted molar refractivity (Wildman–Crippen MR) is 292 cm³/mol. The first kappa shape index (κ1) is 39.9. The second kappa shape index (κ2) is 16.0. The van der Waals surface area contributed by atoms with Gasteiger partial charge in [0.25, 0.3) is 0 Å². The average Bonchev–Trinajstić information content (AvgIpc) is 3.94. The van der Waals surface area contributed by atoms with Crippen LogP contribution in [0.5, 0.6) is 0 Å². The van der Waals surface area contributed by atoms with Crippen molar-refractivity contribution < 1.29 is 0 Å². The molecule has 3 heteroatoms. The zero-order chi connectivity index (χ0) is 46.2. The maximum atomic E-state index is 2.48. The van der Waals surface area contributed by atoms with Gasteiger partial charge in [-0.1, -0.05) is 188 Å². The number of benzene rings is 11. The summed E-state index contributed by atoms with van der Waals surface area (Å²) in [7, 11) is 0. The molecule has 0 N–H and O–H groups in total. The minimum absolute atomic E-state index is 0.524. The third-order valence-corrected chi connectivity index (χ3v) is 14.8. The molecule has 2 heterocycles. The Labute approximate surface area is 408 Å². The molecule has 0 spiro atoms. The molecule has 1 atom stereocenters. The molecule has 1 aliphatic heterocycles. The second-order valence-electron chi connectivity index (χ2n) is 18.4. The molecule has 11 aromatic carbocycles. The molecule has 12 aromatic rings. The van der Waals surface area contributed by atoms with Crippen molar-refractivity contribution in [3.8, 4) is 39.1 Å². The van der Waals surface area contributed by atoms with Crippen LogP contribution < -0.4 is 9.80 Å². The first-order valence-corrected chi connectivity index (χ1v) is 24.2. The van der Waals surface area contributed by atoms with Crippen molar-refractivity contribution in [1.29, 1.82) is 0 Å². The smallest absolute Gasteiger partial charge is 0.0754 e. The molecule has 0 radical (unpaired) electrons. The van der Waals surface area contributed by atoms with Gasteiger partial charge in [-0.3, -0.25) is 0 Å². The van der Waals surface area contributed by atoms with Crippen molar-refractivity contribution in [2.75, 3.05) is 9.80 Å². The van der Waals surface area contributed by atoms with Crippen LogP contribution in [0.4, 0.5) is 34.1 Å². The molecule has 0 bridgehead atoms. The fourth-order valence-corrected chi connectivity index (χ4v) is 11.8. The van der Waals surface area contributed by atoms with E-state index in [1.807, 2.05) is 0 Å². The molecule has 0 fully saturated rings. The van der Waals surface area contributed by atoms with E-state index in [1.165, 1.54) is 88.8 Å². The highest BCUT2D eigenvalue weighted by molar-refractivity contribution is 6.10. The van der Waals surface area contributed by atoms with Gasteiger partial charge < -0.3 is 14.4 Å². The zero-order valence-corrected chi connectivity index (χ0v) is 38.3. The molecule has 1 unspecified atom stereocenters. The first-order chi connectivity index (χ1) is 34.7. The molecule has 14 rings (SSSR count). The van der Waals surface area contributed by atoms with Gasteiger partial charge in [0.2, 0.25) is 0 Å². The predicted octanol–water partition coefficient (Wildman–Crippen LogP) is 17.7. The van der Waals surface area contributed by atoms with Crippen LogP contribution in [0, 0.1) is 0 Å². The van der Waals surface area contributed by atoms with E-state index in [4.69, 9.17) is 0 Å². The normalized spacial score (nSPS) is 14.3. The fraction of sp³-hybridized carbons (Fsp3) is 0.0149. The molecule has 1 aromatic heterocycles. The fourth-order valence-electron chi connectivity index (χ4n) is 11.8. The van der Waals surface area contributed by atoms with Crippen molar-refractivity contribution in [2.24, 2.45) is 0 Å². The molecule has 0 saturated carbocycles. The van der Waals surface area contributed by atoms with E-state index in [1.54, 1.807) is 0 Å². The molecular formula is C67H45N3. The monoisotopic (exact) mass is 891 g/mol. The summed E-state index contributed by atoms with van der Waals surface area (Å²) in [5.74, 6) is 0. The molecule has 2 aliphatic rings. The topological polar surface area (TPSA) is 11.4 Å². The molecule has 0 saturated heterocycles. The Hall–Kier alpha value is -9.18. The summed E-state index contributed by atoms with van der Waals surface area (Å²) < 4.78 is 2.40. The van der Waals surface area contributed by atoms with Gasteiger partial charge in [0, 0.05) is 44.8 Å². The third-order valence-electron chi connectivity index (χ3n) is 14.8. The number of anilines is 6. The summed E-state index contributed by atoms with van der Waals surface area (Å²) in [6.07, 6.45) is 0. The lowest BCUT2D eigenvalue weighted by Crippen LogP contribution is -2.35. The number of aromatic nitrogens is 1. The highest BCUT2D eigenvalue weighted by Crippen LogP contribution is 2.65. The third kappa shape index (κ3) is 6.01. The van der Waals surface area contributed by atoms with Crippen LogP contribution in [0.25, 0.3) is 60.9 Å². The standard InChI is InChI=1S/C67H45N3/c1-5-18-46(19-6-1)47-32-37-53(38-33-47)68(55-41-43-58-57-26-13-15-29-62(57)69(65(58)45-55)51-22-9-3-10-23-51)54-39-34-48(35-40-54)49-36-42-56-59-27-17-31-64-66(59)67(61(56)44-49,50-20-7-2-8-21-50)60-28-14-16-30-63(60)70(64)52-24-11-4-12-25-52/h1-45H. The molecular weight excluding hydrogens is 847 g/mol. The SMILES string of the molecule is c1ccc(-c2ccc(N(c3ccc(-c4ccc5c(c4)C4(c6ccccc6)c6ccccc6N(c6ccccc6)c6cccc-5c64)cc3)c3ccc4c5ccccc5n(-c5ccccc5)c4c3)cc2)cc1. The van der Waals surface area contributed by atoms with Crippen LogP contribution >= 0.6 is 0 Å². The number of fused-ring (bicyclic) bond motifs is 8. The maximum Gasteiger partial charge on any atom is 0.0754 e. The number of hydrogen-bond acceptors (Lipinski definition) is 2. The highest BCUT2D eigenvalue weighted by Gasteiger charge is 2.52. The lowest BCUT2D eigenvalue weighted by Gasteiger charge is -2.44. The Kier molecular flexibility index (Phi) is 9.11. The van der Waals surface area contributed by atoms with Crippen LogP contribution in [0.3, 0.4) is 0 Å². The molecule has 0 amide bonds. The first-order valence-electron chi connectivity index (χ1n) is 24.2. The zero-order valence-electron chi connectivity index (χ0n) is 38.3. The van der Waals surface area contributed by atoms with Gasteiger partial charge in [0.15, 0.2) is 0 Å². The molecule has 3 nitrogen and oxygen atoms in total. The summed E-state index contributed by atoms with van der Waals surface area (Å²) in [4.78, 5) is 4.86. The summed E-state index contributed by atoms with van der Waals surface area (Å²) in [5, 5.41) is 2.47. The minimum atomic E-state index is -0.524. The van der Waals surface area contributed by atoms with Gasteiger partial charge >= 0.3 is 0 Å². The van der Waals surface area contributed by atoms with E-state index in [-0.39, 0.29) is 0 Å². The Balaban J connectivity index is 0.922. The number of rotatable bonds is 8. The van der Waals surface area contributed by atoms with Crippen molar-refractivity contribution in [2.45, 2.75) is 5.41 Å². The van der Waals surface area contributed by atoms with Crippen molar-refractivity contribution in [3.05, 3.63) is 295 Å². The number of nitrogens with zero attached hydrogens (tertiary/aromatic N) is 3. The van der Waals surface area contributed by atoms with E-state index in [2.05, 4.69) is 287 Å². The van der Waals surface area contributed by atoms with Crippen molar-refractivity contribution in [3.63, 3.8) is 0 Å². The Morgan fingerprint density at radius 1 is 0.314 bits per heavy atom. The Bertz CT molecular complexity index is 3920. The summed E-state index contributed by atoms with van der Waals surface area (Å²) in [5.41, 5.74) is 22.3. The van der Waals surface area contributed by atoms with E-state index in [0.717, 1.165) is 28.4 Å². The maximum absolute atomic E-state index is 2.48. The largest absolute Gasteiger partial charge is 0.310 e. The van der Waals surface area contributed by atoms with Crippen molar-refractivity contribution in [1.82, 2.24) is 4.57 Å². The van der Waals surface area contributed by atoms with E-state index in [0.29, 0.717) is 0 Å². The van der Waals surface area contributed by atoms with Gasteiger partial charge in [0.05, 0.1) is 27.8 Å². The number of hydrogen-bond donors (Lipinski definition) is 0.